The maximum Gasteiger partial charge on any atom is 0.345 e. The first-order valence-corrected chi connectivity index (χ1v) is 9.75. The topological polar surface area (TPSA) is 215 Å². The second kappa shape index (κ2) is 9.59. The van der Waals surface area contributed by atoms with Gasteiger partial charge in [-0.2, -0.15) is 0 Å². The van der Waals surface area contributed by atoms with Crippen molar-refractivity contribution in [2.24, 2.45) is 0 Å². The quantitative estimate of drug-likeness (QED) is 0.115. The van der Waals surface area contributed by atoms with Gasteiger partial charge in [0.2, 0.25) is 5.72 Å². The molecule has 0 saturated carbocycles. The molecule has 15 heteroatoms. The predicted octanol–water partition coefficient (Wildman–Crippen LogP) is -2.70. The van der Waals surface area contributed by atoms with Gasteiger partial charge in [-0.3, -0.25) is 9.78 Å². The third-order valence-corrected chi connectivity index (χ3v) is 5.24. The molecule has 3 rings (SSSR count). The Morgan fingerprint density at radius 2 is 1.97 bits per heavy atom. The summed E-state index contributed by atoms with van der Waals surface area (Å²) in [6, 6.07) is 5.51. The summed E-state index contributed by atoms with van der Waals surface area (Å²) >= 11 is 0. The molecule has 2 aromatic rings. The van der Waals surface area contributed by atoms with Crippen molar-refractivity contribution in [2.45, 2.75) is 30.4 Å². The van der Waals surface area contributed by atoms with Gasteiger partial charge < -0.3 is 40.2 Å². The molecule has 0 bridgehead atoms. The van der Waals surface area contributed by atoms with Crippen molar-refractivity contribution in [1.82, 2.24) is 14.6 Å². The maximum atomic E-state index is 12.5. The highest BCUT2D eigenvalue weighted by atomic mass is 19.1. The molecule has 1 fully saturated rings. The van der Waals surface area contributed by atoms with Gasteiger partial charge in [0.25, 0.3) is 5.56 Å². The Morgan fingerprint density at radius 3 is 2.59 bits per heavy atom. The number of halogens is 1. The van der Waals surface area contributed by atoms with Crippen molar-refractivity contribution in [3.63, 3.8) is 0 Å². The molecular weight excluding hydrogens is 465 g/mol. The lowest BCUT2D eigenvalue weighted by Gasteiger charge is -2.42. The Hall–Kier alpha value is -3.18. The minimum absolute atomic E-state index is 0.00438. The van der Waals surface area contributed by atoms with Gasteiger partial charge in [-0.25, -0.2) is 18.5 Å². The van der Waals surface area contributed by atoms with Crippen LogP contribution in [-0.4, -0.2) is 89.1 Å². The molecule has 1 aliphatic rings. The minimum Gasteiger partial charge on any atom is -0.508 e. The van der Waals surface area contributed by atoms with E-state index in [1.807, 2.05) is 0 Å². The fraction of sp³-hybridized carbons (Fsp3) is 0.421. The average molecular weight is 487 g/mol. The molecule has 0 radical (unpaired) electrons. The number of aromatic hydroxyl groups is 1. The zero-order valence-corrected chi connectivity index (χ0v) is 17.4. The minimum atomic E-state index is -3.42. The Kier molecular flexibility index (Phi) is 7.18. The number of hydroxylamine groups is 2. The lowest BCUT2D eigenvalue weighted by Crippen LogP contribution is -2.68. The van der Waals surface area contributed by atoms with Crippen molar-refractivity contribution < 1.29 is 49.4 Å². The number of carbonyl (C=O) groups excluding carboxylic acids is 1. The Balaban J connectivity index is 2.14. The molecule has 0 aliphatic carbocycles. The number of aliphatic hydroxyl groups is 4. The van der Waals surface area contributed by atoms with Gasteiger partial charge in [-0.05, 0) is 6.07 Å². The van der Waals surface area contributed by atoms with Crippen molar-refractivity contribution in [2.75, 3.05) is 19.9 Å². The lowest BCUT2D eigenvalue weighted by atomic mass is 10.00. The summed E-state index contributed by atoms with van der Waals surface area (Å²) in [6.07, 6.45) is -3.65. The molecule has 186 valence electrons. The number of benzene rings is 1. The molecule has 0 unspecified atom stereocenters. The second-order valence-electron chi connectivity index (χ2n) is 7.30. The van der Waals surface area contributed by atoms with Gasteiger partial charge in [0, 0.05) is 11.8 Å². The fourth-order valence-corrected chi connectivity index (χ4v) is 3.48. The third-order valence-electron chi connectivity index (χ3n) is 5.24. The number of nitrogens with one attached hydrogen (secondary N) is 1. The summed E-state index contributed by atoms with van der Waals surface area (Å²) in [4.78, 5) is 38.3. The summed E-state index contributed by atoms with van der Waals surface area (Å²) < 4.78 is 22.0. The number of alkyl halides is 1. The number of carbonyl (C=O) groups is 1. The van der Waals surface area contributed by atoms with Gasteiger partial charge in [-0.15, -0.1) is 5.06 Å². The zero-order chi connectivity index (χ0) is 25.3. The van der Waals surface area contributed by atoms with Crippen molar-refractivity contribution >= 4 is 5.97 Å². The van der Waals surface area contributed by atoms with E-state index in [1.54, 1.807) is 4.98 Å². The van der Waals surface area contributed by atoms with Crippen molar-refractivity contribution in [3.8, 4) is 5.75 Å². The lowest BCUT2D eigenvalue weighted by molar-refractivity contribution is -0.413. The number of aliphatic hydroxyl groups excluding tert-OH is 2. The number of esters is 1. The van der Waals surface area contributed by atoms with Crippen LogP contribution < -0.4 is 11.2 Å². The largest absolute Gasteiger partial charge is 0.508 e. The number of hydrogen-bond acceptors (Lipinski definition) is 12. The number of aromatic amines is 1. The van der Waals surface area contributed by atoms with Crippen molar-refractivity contribution in [3.05, 3.63) is 62.4 Å². The van der Waals surface area contributed by atoms with E-state index in [1.165, 1.54) is 24.3 Å². The molecule has 1 saturated heterocycles. The van der Waals surface area contributed by atoms with E-state index in [2.05, 4.69) is 4.74 Å². The van der Waals surface area contributed by atoms with E-state index >= 15 is 0 Å². The first-order chi connectivity index (χ1) is 16.0. The van der Waals surface area contributed by atoms with Crippen LogP contribution in [-0.2, 0) is 21.9 Å². The van der Waals surface area contributed by atoms with Crippen LogP contribution in [0.2, 0.25) is 0 Å². The molecule has 7 N–H and O–H groups in total. The summed E-state index contributed by atoms with van der Waals surface area (Å²) in [7, 11) is 0. The molecule has 14 nitrogen and oxygen atoms in total. The molecular formula is C19H22FN3O11. The van der Waals surface area contributed by atoms with E-state index < -0.39 is 73.1 Å². The monoisotopic (exact) mass is 487 g/mol. The summed E-state index contributed by atoms with van der Waals surface area (Å²) in [5, 5.41) is 63.2. The number of rotatable bonds is 8. The number of aromatic nitrogens is 2. The van der Waals surface area contributed by atoms with E-state index in [0.717, 1.165) is 0 Å². The van der Waals surface area contributed by atoms with E-state index in [0.29, 0.717) is 6.20 Å². The molecule has 0 spiro atoms. The third kappa shape index (κ3) is 4.09. The molecule has 34 heavy (non-hydrogen) atoms. The van der Waals surface area contributed by atoms with Gasteiger partial charge in [0.15, 0.2) is 0 Å². The zero-order valence-electron chi connectivity index (χ0n) is 17.4. The summed E-state index contributed by atoms with van der Waals surface area (Å²) in [5.74, 6) is -5.15. The molecule has 0 amide bonds. The van der Waals surface area contributed by atoms with Crippen LogP contribution >= 0.6 is 0 Å². The van der Waals surface area contributed by atoms with Crippen LogP contribution in [0.15, 0.2) is 40.1 Å². The molecule has 4 atom stereocenters. The number of phenolic OH excluding ortho intramolecular Hbond substituents is 1. The highest BCUT2D eigenvalue weighted by Crippen LogP contribution is 2.43. The van der Waals surface area contributed by atoms with Gasteiger partial charge >= 0.3 is 17.6 Å². The highest BCUT2D eigenvalue weighted by molar-refractivity contribution is 5.88. The predicted molar refractivity (Wildman–Crippen MR) is 106 cm³/mol. The number of para-hydroxylation sites is 1. The van der Waals surface area contributed by atoms with Gasteiger partial charge in [0.05, 0.1) is 13.2 Å². The van der Waals surface area contributed by atoms with Crippen LogP contribution in [0.4, 0.5) is 4.39 Å². The summed E-state index contributed by atoms with van der Waals surface area (Å²) in [5.41, 5.74) is -6.98. The molecule has 1 aromatic carbocycles. The highest BCUT2D eigenvalue weighted by Gasteiger charge is 2.70. The Bertz CT molecular complexity index is 1170. The van der Waals surface area contributed by atoms with Crippen LogP contribution in [0.5, 0.6) is 5.75 Å². The average Bonchev–Trinajstić information content (AvgIpc) is 3.01. The van der Waals surface area contributed by atoms with Crippen LogP contribution in [0.1, 0.15) is 15.9 Å². The number of phenols is 1. The number of nitrogens with zero attached hydrogens (tertiary/aromatic N) is 2. The summed E-state index contributed by atoms with van der Waals surface area (Å²) in [6.45, 7) is -3.56. The van der Waals surface area contributed by atoms with Gasteiger partial charge in [0.1, 0.15) is 36.8 Å². The second-order valence-corrected chi connectivity index (χ2v) is 7.30. The first-order valence-electron chi connectivity index (χ1n) is 9.75. The number of hydrogen-bond donors (Lipinski definition) is 7. The number of H-pyrrole nitrogens is 1. The maximum absolute atomic E-state index is 12.5. The Labute approximate surface area is 189 Å². The van der Waals surface area contributed by atoms with Crippen LogP contribution in [0, 0.1) is 0 Å². The number of ether oxygens (including phenoxy) is 2. The van der Waals surface area contributed by atoms with E-state index in [-0.39, 0.29) is 20.9 Å². The van der Waals surface area contributed by atoms with Crippen LogP contribution in [0.3, 0.4) is 0 Å². The first kappa shape index (κ1) is 25.4. The Morgan fingerprint density at radius 1 is 1.29 bits per heavy atom. The van der Waals surface area contributed by atoms with Gasteiger partial charge in [-0.1, -0.05) is 18.2 Å². The van der Waals surface area contributed by atoms with E-state index in [9.17, 15) is 49.5 Å². The smallest absolute Gasteiger partial charge is 0.345 e. The molecule has 1 aromatic heterocycles. The SMILES string of the molecule is O=C(OCCF)c1cn([C@@]2(O)O[C@H](CO)[C@@H](O)[C@]2(O)N(O)Cc2ccccc2O)c(=O)[nH]c1=O. The standard InChI is InChI=1S/C19H22FN3O11/c20-5-6-33-16(28)11-8-22(17(29)21-15(11)27)19(31)18(30,14(26)13(9-24)34-19)23(32)7-10-3-1-2-4-12(10)25/h1-4,8,13-14,24-26,30-32H,5-7,9H2,(H,21,27,29)/t13-,14-,18-,19+/m1/s1. The molecule has 2 heterocycles. The fourth-order valence-electron chi connectivity index (χ4n) is 3.48. The van der Waals surface area contributed by atoms with Crippen LogP contribution in [0.25, 0.3) is 0 Å². The molecule has 1 aliphatic heterocycles. The van der Waals surface area contributed by atoms with Crippen molar-refractivity contribution in [1.29, 1.82) is 0 Å². The normalized spacial score (nSPS) is 26.7. The van der Waals surface area contributed by atoms with E-state index in [4.69, 9.17) is 4.74 Å².